The van der Waals surface area contributed by atoms with E-state index in [0.717, 1.165) is 176 Å². The molecule has 1 saturated heterocycles. The molecule has 18 nitrogen and oxygen atoms in total. The molecular weight excluding hydrogens is 1400 g/mol. The minimum Gasteiger partial charge on any atom is -0.501 e. The number of fused-ring (bicyclic) bond motifs is 2. The molecule has 9 fully saturated rings. The smallest absolute Gasteiger partial charge is 0.242 e. The lowest BCUT2D eigenvalue weighted by molar-refractivity contribution is -0.177. The fourth-order valence-corrected chi connectivity index (χ4v) is 26.0. The molecule has 18 heteroatoms. The first-order chi connectivity index (χ1) is 54.1. The fourth-order valence-electron chi connectivity index (χ4n) is 26.0. The first-order valence-corrected chi connectivity index (χ1v) is 46.8. The van der Waals surface area contributed by atoms with Crippen molar-refractivity contribution in [1.29, 1.82) is 0 Å². The van der Waals surface area contributed by atoms with Gasteiger partial charge in [0.2, 0.25) is 5.91 Å². The quantitative estimate of drug-likeness (QED) is 0.0236. The van der Waals surface area contributed by atoms with E-state index in [0.29, 0.717) is 85.4 Å². The molecule has 2 aromatic heterocycles. The molecule has 0 aromatic carbocycles. The van der Waals surface area contributed by atoms with Crippen LogP contribution in [0.25, 0.3) is 0 Å². The second-order valence-electron chi connectivity index (χ2n) is 39.4. The van der Waals surface area contributed by atoms with Crippen LogP contribution in [0.2, 0.25) is 0 Å². The monoisotopic (exact) mass is 1560 g/mol. The van der Waals surface area contributed by atoms with Gasteiger partial charge in [0, 0.05) is 66.3 Å². The predicted octanol–water partition coefficient (Wildman–Crippen LogP) is 18.2. The average molecular weight is 1560 g/mol. The van der Waals surface area contributed by atoms with Crippen LogP contribution in [0.4, 0.5) is 0 Å². The molecule has 8 saturated carbocycles. The Labute approximate surface area is 678 Å². The Morgan fingerprint density at radius 3 is 1.87 bits per heavy atom. The van der Waals surface area contributed by atoms with Crippen molar-refractivity contribution in [1.82, 2.24) is 40.6 Å². The number of nitrogens with one attached hydrogen (secondary N) is 2. The normalized spacial score (nSPS) is 36.0. The molecule has 636 valence electrons. The minimum atomic E-state index is -0.852. The number of hydrogen-bond donors (Lipinski definition) is 5. The lowest BCUT2D eigenvalue weighted by Gasteiger charge is -2.52. The lowest BCUT2D eigenvalue weighted by atomic mass is 9.60. The summed E-state index contributed by atoms with van der Waals surface area (Å²) >= 11 is 0. The topological polar surface area (TPSA) is 226 Å². The zero-order valence-corrected chi connectivity index (χ0v) is 72.4. The van der Waals surface area contributed by atoms with E-state index in [9.17, 15) is 24.9 Å². The predicted molar refractivity (Wildman–Crippen MR) is 445 cm³/mol. The molecule has 112 heavy (non-hydrogen) atoms. The third kappa shape index (κ3) is 21.8. The first kappa shape index (κ1) is 89.0. The Kier molecular flexibility index (Phi) is 33.6. The highest BCUT2D eigenvalue weighted by atomic mass is 16.5. The highest BCUT2D eigenvalue weighted by molar-refractivity contribution is 5.76. The summed E-state index contributed by atoms with van der Waals surface area (Å²) in [6.07, 6.45) is 43.1. The van der Waals surface area contributed by atoms with Crippen LogP contribution in [-0.2, 0) is 59.4 Å². The van der Waals surface area contributed by atoms with Crippen LogP contribution < -0.4 is 10.6 Å². The van der Waals surface area contributed by atoms with Crippen LogP contribution in [-0.4, -0.2) is 139 Å². The van der Waals surface area contributed by atoms with E-state index in [2.05, 4.69) is 107 Å². The van der Waals surface area contributed by atoms with E-state index < -0.39 is 23.7 Å². The number of aliphatic hydroxyl groups excluding tert-OH is 3. The van der Waals surface area contributed by atoms with Crippen LogP contribution >= 0.6 is 0 Å². The summed E-state index contributed by atoms with van der Waals surface area (Å²) in [6.45, 7) is 37.5. The molecule has 1 amide bonds. The van der Waals surface area contributed by atoms with Crippen LogP contribution in [0.5, 0.6) is 0 Å². The summed E-state index contributed by atoms with van der Waals surface area (Å²) in [5.74, 6) is 8.06. The second-order valence-corrected chi connectivity index (χ2v) is 39.4. The number of aromatic nitrogens is 6. The van der Waals surface area contributed by atoms with Crippen LogP contribution in [0, 0.1) is 123 Å². The second kappa shape index (κ2) is 42.2. The number of unbranched alkanes of at least 4 members (excludes halogenated alkanes) is 6. The Morgan fingerprint density at radius 1 is 0.625 bits per heavy atom. The van der Waals surface area contributed by atoms with Gasteiger partial charge < -0.3 is 54.4 Å². The van der Waals surface area contributed by atoms with Gasteiger partial charge in [0.15, 0.2) is 0 Å². The number of aryl methyl sites for hydroxylation is 1. The van der Waals surface area contributed by atoms with Crippen LogP contribution in [0.15, 0.2) is 37.0 Å². The van der Waals surface area contributed by atoms with Crippen molar-refractivity contribution in [2.45, 2.75) is 382 Å². The first-order valence-electron chi connectivity index (χ1n) is 46.8. The molecule has 28 unspecified atom stereocenters. The van der Waals surface area contributed by atoms with E-state index in [1.54, 1.807) is 11.8 Å². The summed E-state index contributed by atoms with van der Waals surface area (Å²) < 4.78 is 36.6. The number of nitrogens with zero attached hydrogens (tertiary/aromatic N) is 6. The van der Waals surface area contributed by atoms with E-state index in [4.69, 9.17) is 30.3 Å². The standard InChI is InChI=1S/C94H160N8O10/c1-15-69-47-76(43-60(5)41-70-33-25-22-26-34-70)89(83(49-69)93(68(13)111-66(11)64(9)65(10)104)81-50-72(58-103)48-73(16-2)87(81)93)95-63(8)54-101-56-79(98-100-101)59-110-40-32-24-31-39-109-38-30-21-19-20-29-37-78-55-102(99-97-78)57-86(106)96-90-77(44-61(6)42-71-35-27-23-28-36-71)52-80(18-4)112-92(90)94(84-45-62(7)46-85(105)91(84)107)82-53-75(67(12)108-14)51-74(17-3)88(82)94/h55-56,58,60-62,64-66,68-77,80-85,87-92,95,104-105,107H,8,12,15-54,57,59H2,1-7,9-11,13-14H3,(H,96,106). The summed E-state index contributed by atoms with van der Waals surface area (Å²) in [5.41, 5.74) is 2.23. The maximum absolute atomic E-state index is 14.8. The largest absolute Gasteiger partial charge is 0.501 e. The molecule has 9 aliphatic rings. The van der Waals surface area contributed by atoms with Gasteiger partial charge in [0.25, 0.3) is 0 Å². The zero-order chi connectivity index (χ0) is 79.8. The number of methoxy groups -OCH3 is 1. The number of carbonyl (C=O) groups excluding carboxylic acids is 2. The highest BCUT2D eigenvalue weighted by Gasteiger charge is 2.78. The highest BCUT2D eigenvalue weighted by Crippen LogP contribution is 2.78. The number of amides is 1. The van der Waals surface area contributed by atoms with Crippen LogP contribution in [0.1, 0.15) is 312 Å². The van der Waals surface area contributed by atoms with Crippen molar-refractivity contribution in [2.75, 3.05) is 26.9 Å². The van der Waals surface area contributed by atoms with Gasteiger partial charge in [-0.05, 0) is 244 Å². The molecule has 8 aliphatic carbocycles. The Morgan fingerprint density at radius 2 is 1.23 bits per heavy atom. The number of aldehydes is 1. The molecule has 2 aromatic rings. The van der Waals surface area contributed by atoms with Crippen molar-refractivity contribution in [3.8, 4) is 0 Å². The zero-order valence-electron chi connectivity index (χ0n) is 72.4. The Balaban J connectivity index is 0.611. The molecule has 28 atom stereocenters. The van der Waals surface area contributed by atoms with E-state index in [1.165, 1.54) is 103 Å². The number of carbonyl (C=O) groups is 2. The maximum Gasteiger partial charge on any atom is 0.242 e. The molecule has 5 N–H and O–H groups in total. The summed E-state index contributed by atoms with van der Waals surface area (Å²) in [6, 6.07) is -0.0236. The molecule has 0 bridgehead atoms. The summed E-state index contributed by atoms with van der Waals surface area (Å²) in [7, 11) is 1.74. The van der Waals surface area contributed by atoms with Gasteiger partial charge in [-0.15, -0.1) is 10.2 Å². The van der Waals surface area contributed by atoms with Gasteiger partial charge in [0.05, 0.1) is 86.7 Å². The lowest BCUT2D eigenvalue weighted by Crippen LogP contribution is -2.62. The van der Waals surface area contributed by atoms with Crippen molar-refractivity contribution in [3.05, 3.63) is 48.4 Å². The molecule has 3 heterocycles. The molecule has 1 aliphatic heterocycles. The summed E-state index contributed by atoms with van der Waals surface area (Å²) in [5, 5.41) is 61.0. The Hall–Kier alpha value is -3.78. The third-order valence-corrected chi connectivity index (χ3v) is 31.7. The van der Waals surface area contributed by atoms with Crippen molar-refractivity contribution >= 4 is 12.2 Å². The van der Waals surface area contributed by atoms with Gasteiger partial charge in [-0.3, -0.25) is 4.79 Å². The fraction of sp³-hybridized carbons (Fsp3) is 0.894. The maximum atomic E-state index is 14.8. The number of ether oxygens (including phenoxy) is 5. The van der Waals surface area contributed by atoms with Crippen molar-refractivity contribution in [3.63, 3.8) is 0 Å². The van der Waals surface area contributed by atoms with Crippen molar-refractivity contribution < 1.29 is 48.6 Å². The van der Waals surface area contributed by atoms with Gasteiger partial charge in [-0.2, -0.15) is 0 Å². The number of rotatable bonds is 46. The third-order valence-electron chi connectivity index (χ3n) is 31.7. The SMILES string of the molecule is C=C(Cn1cc(COCCCCCOCCCCCCCc2cn(CC(=O)NC3C(CC(C)CC4CCCCC4)CC(CC)OC3C3(C4CC(C)CC(O)C4O)C4CC(C(=C)OC)CC(CC)C43)nn2)nn1)NC1C(CC(C)CC2CCCCC2)CC(CC)CC1C1(C(C)OC(C)C(C)C(C)O)C2CC(C=O)CC(CC)C21. The number of allylic oxidation sites excluding steroid dienone is 2. The number of aliphatic hydroxyl groups is 3. The van der Waals surface area contributed by atoms with Gasteiger partial charge in [-0.1, -0.05) is 182 Å². The van der Waals surface area contributed by atoms with Gasteiger partial charge in [-0.25, -0.2) is 9.36 Å². The van der Waals surface area contributed by atoms with E-state index in [-0.39, 0.29) is 95.8 Å². The van der Waals surface area contributed by atoms with E-state index >= 15 is 0 Å². The van der Waals surface area contributed by atoms with Gasteiger partial charge in [0.1, 0.15) is 18.5 Å². The minimum absolute atomic E-state index is 0.00765. The number of hydrogen-bond acceptors (Lipinski definition) is 15. The molecule has 0 spiro atoms. The van der Waals surface area contributed by atoms with E-state index in [1.807, 2.05) is 24.0 Å². The Bertz CT molecular complexity index is 3170. The van der Waals surface area contributed by atoms with Crippen molar-refractivity contribution in [2.24, 2.45) is 123 Å². The average Bonchev–Trinajstić information content (AvgIpc) is 1.45. The van der Waals surface area contributed by atoms with Gasteiger partial charge >= 0.3 is 0 Å². The molecule has 0 radical (unpaired) electrons. The molecular formula is C94H160N8O10. The molecule has 11 rings (SSSR count). The summed E-state index contributed by atoms with van der Waals surface area (Å²) in [4.78, 5) is 27.5. The van der Waals surface area contributed by atoms with Crippen LogP contribution in [0.3, 0.4) is 0 Å².